The summed E-state index contributed by atoms with van der Waals surface area (Å²) in [6.45, 7) is 20.0. The quantitative estimate of drug-likeness (QED) is 0.157. The van der Waals surface area contributed by atoms with Gasteiger partial charge in [0.1, 0.15) is 11.4 Å². The first-order valence-electron chi connectivity index (χ1n) is 15.2. The molecule has 220 valence electrons. The first-order chi connectivity index (χ1) is 20.4. The van der Waals surface area contributed by atoms with E-state index < -0.39 is 0 Å². The third-order valence-corrected chi connectivity index (χ3v) is 8.11. The van der Waals surface area contributed by atoms with Crippen molar-refractivity contribution in [1.82, 2.24) is 9.13 Å². The van der Waals surface area contributed by atoms with Crippen LogP contribution in [0.25, 0.3) is 0 Å². The summed E-state index contributed by atoms with van der Waals surface area (Å²) in [4.78, 5) is 4.91. The molecule has 10 nitrogen and oxygen atoms in total. The summed E-state index contributed by atoms with van der Waals surface area (Å²) in [5, 5.41) is 18.4. The summed E-state index contributed by atoms with van der Waals surface area (Å²) in [5.41, 5.74) is 6.55. The van der Waals surface area contributed by atoms with Crippen molar-refractivity contribution < 1.29 is 9.13 Å². The van der Waals surface area contributed by atoms with E-state index in [2.05, 4.69) is 151 Å². The molecule has 0 aliphatic carbocycles. The number of piperazine rings is 1. The molecule has 10 heteroatoms. The molecular weight excluding hydrogens is 524 g/mol. The molecule has 3 heterocycles. The Bertz CT molecular complexity index is 1410. The van der Waals surface area contributed by atoms with Crippen LogP contribution in [-0.2, 0) is 26.2 Å². The van der Waals surface area contributed by atoms with Crippen molar-refractivity contribution in [3.05, 3.63) is 72.3 Å². The van der Waals surface area contributed by atoms with E-state index in [0.717, 1.165) is 86.8 Å². The summed E-state index contributed by atoms with van der Waals surface area (Å²) < 4.78 is 8.45. The zero-order valence-corrected chi connectivity index (χ0v) is 25.9. The zero-order valence-electron chi connectivity index (χ0n) is 25.9. The van der Waals surface area contributed by atoms with Gasteiger partial charge < -0.3 is 9.80 Å². The van der Waals surface area contributed by atoms with Crippen molar-refractivity contribution in [2.24, 2.45) is 20.5 Å². The van der Waals surface area contributed by atoms with Crippen molar-refractivity contribution in [3.8, 4) is 0 Å². The van der Waals surface area contributed by atoms with Crippen molar-refractivity contribution in [2.75, 3.05) is 36.0 Å². The van der Waals surface area contributed by atoms with Crippen molar-refractivity contribution in [1.29, 1.82) is 0 Å². The number of azo groups is 2. The van der Waals surface area contributed by atoms with Crippen molar-refractivity contribution in [2.45, 2.75) is 67.7 Å². The van der Waals surface area contributed by atoms with Crippen LogP contribution in [0.5, 0.6) is 0 Å². The predicted molar refractivity (Wildman–Crippen MR) is 167 cm³/mol. The van der Waals surface area contributed by atoms with Crippen LogP contribution in [0.1, 0.15) is 38.8 Å². The number of anilines is 2. The van der Waals surface area contributed by atoms with Crippen LogP contribution < -0.4 is 18.9 Å². The van der Waals surface area contributed by atoms with E-state index in [0.29, 0.717) is 0 Å². The van der Waals surface area contributed by atoms with Gasteiger partial charge in [-0.3, -0.25) is 0 Å². The van der Waals surface area contributed by atoms with Gasteiger partial charge in [0.05, 0.1) is 51.0 Å². The molecule has 0 spiro atoms. The van der Waals surface area contributed by atoms with E-state index in [-0.39, 0.29) is 0 Å². The molecule has 42 heavy (non-hydrogen) atoms. The number of hydrogen-bond acceptors (Lipinski definition) is 6. The van der Waals surface area contributed by atoms with Gasteiger partial charge in [-0.1, -0.05) is 10.2 Å². The average molecular weight is 569 g/mol. The molecule has 0 saturated carbocycles. The zero-order chi connectivity index (χ0) is 29.6. The van der Waals surface area contributed by atoms with Crippen molar-refractivity contribution in [3.63, 3.8) is 0 Å². The van der Waals surface area contributed by atoms with Gasteiger partial charge in [-0.2, -0.15) is 0 Å². The van der Waals surface area contributed by atoms with Crippen LogP contribution in [0.2, 0.25) is 0 Å². The maximum Gasteiger partial charge on any atom is 0.421 e. The number of aryl methyl sites for hydroxylation is 6. The van der Waals surface area contributed by atoms with E-state index in [4.69, 9.17) is 0 Å². The lowest BCUT2D eigenvalue weighted by Gasteiger charge is -2.37. The highest BCUT2D eigenvalue weighted by atomic mass is 15.3. The Morgan fingerprint density at radius 1 is 0.595 bits per heavy atom. The number of imidazole rings is 2. The lowest BCUT2D eigenvalue weighted by molar-refractivity contribution is -0.680. The third-order valence-electron chi connectivity index (χ3n) is 8.11. The molecular formula is C32H44N10+2. The molecule has 2 aromatic carbocycles. The highest BCUT2D eigenvalue weighted by Gasteiger charge is 2.20. The number of hydrogen-bond donors (Lipinski definition) is 0. The van der Waals surface area contributed by atoms with Crippen LogP contribution in [0.4, 0.5) is 34.6 Å². The first-order valence-corrected chi connectivity index (χ1v) is 15.2. The standard InChI is InChI=1S/C32H44N10/c1-7-37-15-16-38(8-2)31(37)35-33-29-13-11-27(23-25(29)5)41-19-21-42(22-20-41)28-12-14-30(26(6)24-28)34-36-32-39(9-3)17-18-40(32)10-4/h11-18,23-24H,7-10,19-22H2,1-6H3/q+2. The lowest BCUT2D eigenvalue weighted by Crippen LogP contribution is -2.46. The Hall–Kier alpha value is -4.34. The van der Waals surface area contributed by atoms with Gasteiger partial charge in [0.15, 0.2) is 0 Å². The van der Waals surface area contributed by atoms with Crippen LogP contribution >= 0.6 is 0 Å². The Morgan fingerprint density at radius 3 is 1.33 bits per heavy atom. The van der Waals surface area contributed by atoms with Gasteiger partial charge in [0.2, 0.25) is 0 Å². The van der Waals surface area contributed by atoms with Crippen LogP contribution in [-0.4, -0.2) is 35.3 Å². The fraction of sp³-hybridized carbons (Fsp3) is 0.438. The SMILES string of the molecule is CCn1cc[n+](CC)c1N=Nc1ccc(N2CCN(c3ccc(N=Nc4n(CC)cc[n+]4CC)c(C)c3)CC2)cc1C. The summed E-state index contributed by atoms with van der Waals surface area (Å²) >= 11 is 0. The third kappa shape index (κ3) is 6.12. The molecule has 1 fully saturated rings. The molecule has 0 unspecified atom stereocenters. The second kappa shape index (κ2) is 13.1. The molecule has 0 radical (unpaired) electrons. The molecule has 1 aliphatic rings. The van der Waals surface area contributed by atoms with Gasteiger partial charge >= 0.3 is 11.9 Å². The van der Waals surface area contributed by atoms with Gasteiger partial charge in [-0.15, -0.1) is 0 Å². The molecule has 0 bridgehead atoms. The molecule has 0 atom stereocenters. The minimum absolute atomic E-state index is 0.868. The van der Waals surface area contributed by atoms with E-state index >= 15 is 0 Å². The maximum atomic E-state index is 4.60. The molecule has 1 aliphatic heterocycles. The summed E-state index contributed by atoms with van der Waals surface area (Å²) in [6, 6.07) is 13.0. The second-order valence-electron chi connectivity index (χ2n) is 10.7. The van der Waals surface area contributed by atoms with E-state index in [1.54, 1.807) is 0 Å². The largest absolute Gasteiger partial charge is 0.421 e. The van der Waals surface area contributed by atoms with Gasteiger partial charge in [-0.05, 0) is 89.1 Å². The second-order valence-corrected chi connectivity index (χ2v) is 10.7. The normalized spacial score (nSPS) is 14.1. The van der Waals surface area contributed by atoms with Crippen molar-refractivity contribution >= 4 is 34.6 Å². The summed E-state index contributed by atoms with van der Waals surface area (Å²) in [7, 11) is 0. The fourth-order valence-corrected chi connectivity index (χ4v) is 5.45. The molecule has 0 N–H and O–H groups in total. The van der Waals surface area contributed by atoms with Crippen LogP contribution in [0.15, 0.2) is 81.6 Å². The molecule has 2 aromatic heterocycles. The predicted octanol–water partition coefficient (Wildman–Crippen LogP) is 6.72. The minimum atomic E-state index is 0.868. The number of rotatable bonds is 10. The first kappa shape index (κ1) is 29.2. The highest BCUT2D eigenvalue weighted by molar-refractivity contribution is 5.61. The highest BCUT2D eigenvalue weighted by Crippen LogP contribution is 2.30. The Kier molecular flexibility index (Phi) is 9.09. The maximum absolute atomic E-state index is 4.60. The smallest absolute Gasteiger partial charge is 0.368 e. The Labute approximate surface area is 249 Å². The minimum Gasteiger partial charge on any atom is -0.368 e. The van der Waals surface area contributed by atoms with Crippen LogP contribution in [0.3, 0.4) is 0 Å². The summed E-state index contributed by atoms with van der Waals surface area (Å²) in [6.07, 6.45) is 8.23. The lowest BCUT2D eigenvalue weighted by atomic mass is 10.1. The van der Waals surface area contributed by atoms with E-state index in [9.17, 15) is 0 Å². The molecule has 0 amide bonds. The summed E-state index contributed by atoms with van der Waals surface area (Å²) in [5.74, 6) is 1.75. The number of nitrogens with zero attached hydrogens (tertiary/aromatic N) is 10. The van der Waals surface area contributed by atoms with Gasteiger partial charge in [-0.25, -0.2) is 18.3 Å². The average Bonchev–Trinajstić information content (AvgIpc) is 3.62. The number of benzene rings is 2. The molecule has 5 rings (SSSR count). The van der Waals surface area contributed by atoms with E-state index in [1.807, 2.05) is 0 Å². The fourth-order valence-electron chi connectivity index (χ4n) is 5.45. The van der Waals surface area contributed by atoms with E-state index in [1.165, 1.54) is 11.4 Å². The Balaban J connectivity index is 1.22. The Morgan fingerprint density at radius 2 is 1.00 bits per heavy atom. The van der Waals surface area contributed by atoms with Gasteiger partial charge in [0, 0.05) is 47.8 Å². The topological polar surface area (TPSA) is 73.5 Å². The molecule has 1 saturated heterocycles. The molecule has 4 aromatic rings. The monoisotopic (exact) mass is 568 g/mol. The van der Waals surface area contributed by atoms with Gasteiger partial charge in [0.25, 0.3) is 0 Å². The van der Waals surface area contributed by atoms with Crippen LogP contribution in [0, 0.1) is 13.8 Å². The number of aromatic nitrogens is 4.